The lowest BCUT2D eigenvalue weighted by Gasteiger charge is -2.23. The summed E-state index contributed by atoms with van der Waals surface area (Å²) in [5.74, 6) is 14.2. The maximum atomic E-state index is 12.6. The van der Waals surface area contributed by atoms with Crippen LogP contribution in [-0.2, 0) is 0 Å². The van der Waals surface area contributed by atoms with Crippen LogP contribution in [0.25, 0.3) is 0 Å². The van der Waals surface area contributed by atoms with Crippen LogP contribution >= 0.6 is 11.8 Å². The Morgan fingerprint density at radius 1 is 1.34 bits per heavy atom. The predicted octanol–water partition coefficient (Wildman–Crippen LogP) is 3.11. The summed E-state index contributed by atoms with van der Waals surface area (Å²) in [6.45, 7) is 6.16. The molecule has 1 heterocycles. The molecule has 2 unspecified atom stereocenters. The smallest absolute Gasteiger partial charge is 0.253 e. The van der Waals surface area contributed by atoms with Gasteiger partial charge in [-0.2, -0.15) is 0 Å². The molecule has 7 heteroatoms. The lowest BCUT2D eigenvalue weighted by atomic mass is 10.2. The number of nitrogens with zero attached hydrogens (tertiary/aromatic N) is 2. The van der Waals surface area contributed by atoms with Crippen molar-refractivity contribution in [3.63, 3.8) is 0 Å². The Kier molecular flexibility index (Phi) is 8.22. The number of hydrogen-bond donors (Lipinski definition) is 3. The fourth-order valence-electron chi connectivity index (χ4n) is 3.11. The number of nitrogens with two attached hydrogens (primary N) is 1. The molecule has 0 spiro atoms. The van der Waals surface area contributed by atoms with Gasteiger partial charge in [-0.3, -0.25) is 10.6 Å². The molecule has 0 aliphatic heterocycles. The normalized spacial score (nSPS) is 17.8. The molecule has 4 N–H and O–H groups in total. The van der Waals surface area contributed by atoms with Crippen LogP contribution in [0.1, 0.15) is 62.7 Å². The van der Waals surface area contributed by atoms with E-state index in [2.05, 4.69) is 39.4 Å². The highest BCUT2D eigenvalue weighted by Gasteiger charge is 2.22. The van der Waals surface area contributed by atoms with Crippen molar-refractivity contribution in [2.24, 2.45) is 17.7 Å². The van der Waals surface area contributed by atoms with Gasteiger partial charge in [0.25, 0.3) is 5.91 Å². The summed E-state index contributed by atoms with van der Waals surface area (Å²) in [7, 11) is 0. The molecule has 3 rings (SSSR count). The van der Waals surface area contributed by atoms with Crippen LogP contribution in [0.2, 0.25) is 0 Å². The number of pyridine rings is 1. The van der Waals surface area contributed by atoms with Gasteiger partial charge in [0.1, 0.15) is 11.2 Å². The van der Waals surface area contributed by atoms with E-state index in [1.54, 1.807) is 6.20 Å². The van der Waals surface area contributed by atoms with Crippen LogP contribution in [0.5, 0.6) is 0 Å². The van der Waals surface area contributed by atoms with Crippen LogP contribution in [0.3, 0.4) is 0 Å². The zero-order valence-electron chi connectivity index (χ0n) is 17.5. The Bertz CT molecular complexity index is 721. The minimum Gasteiger partial charge on any atom is -0.357 e. The number of anilines is 1. The summed E-state index contributed by atoms with van der Waals surface area (Å²) in [6, 6.07) is 3.82. The van der Waals surface area contributed by atoms with Gasteiger partial charge in [0, 0.05) is 25.2 Å². The monoisotopic (exact) mass is 415 g/mol. The Balaban J connectivity index is 1.51. The van der Waals surface area contributed by atoms with Crippen LogP contribution in [0, 0.1) is 23.7 Å². The lowest BCUT2D eigenvalue weighted by Crippen LogP contribution is -2.37. The van der Waals surface area contributed by atoms with E-state index in [0.717, 1.165) is 31.2 Å². The third-order valence-electron chi connectivity index (χ3n) is 5.15. The van der Waals surface area contributed by atoms with Crippen molar-refractivity contribution < 1.29 is 4.79 Å². The molecule has 0 aromatic carbocycles. The van der Waals surface area contributed by atoms with Crippen LogP contribution in [-0.4, -0.2) is 34.7 Å². The van der Waals surface area contributed by atoms with E-state index in [4.69, 9.17) is 5.84 Å². The van der Waals surface area contributed by atoms with E-state index < -0.39 is 0 Å². The summed E-state index contributed by atoms with van der Waals surface area (Å²) >= 11 is 1.50. The average molecular weight is 416 g/mol. The van der Waals surface area contributed by atoms with E-state index in [-0.39, 0.29) is 16.7 Å². The number of aromatic nitrogens is 1. The number of thioether (sulfide) groups is 1. The van der Waals surface area contributed by atoms with E-state index in [1.807, 2.05) is 19.1 Å². The Hall–Kier alpha value is -1.75. The van der Waals surface area contributed by atoms with Crippen LogP contribution in [0.4, 0.5) is 5.82 Å². The zero-order valence-corrected chi connectivity index (χ0v) is 18.3. The van der Waals surface area contributed by atoms with Gasteiger partial charge in [-0.25, -0.2) is 10.4 Å². The first-order valence-electron chi connectivity index (χ1n) is 10.7. The molecule has 0 radical (unpaired) electrons. The van der Waals surface area contributed by atoms with Gasteiger partial charge < -0.3 is 10.2 Å². The second-order valence-electron chi connectivity index (χ2n) is 7.99. The highest BCUT2D eigenvalue weighted by molar-refractivity contribution is 8.00. The molecule has 6 nitrogen and oxygen atoms in total. The minimum atomic E-state index is -0.194. The Morgan fingerprint density at radius 3 is 2.72 bits per heavy atom. The van der Waals surface area contributed by atoms with Crippen LogP contribution < -0.4 is 21.5 Å². The van der Waals surface area contributed by atoms with Gasteiger partial charge in [0.2, 0.25) is 0 Å². The molecule has 2 saturated carbocycles. The van der Waals surface area contributed by atoms with Gasteiger partial charge in [-0.15, -0.1) is 11.8 Å². The Labute approximate surface area is 178 Å². The number of carbonyl (C=O) groups excluding carboxylic acids is 1. The maximum Gasteiger partial charge on any atom is 0.253 e. The van der Waals surface area contributed by atoms with Crippen LogP contribution in [0.15, 0.2) is 18.3 Å². The highest BCUT2D eigenvalue weighted by atomic mass is 32.2. The standard InChI is InChI=1S/C22H33N5OS/c1-3-13-27(14-12-18-6-7-18)20-10-9-19(15-24-20)22(28)25-16(2)29-21(26-23)11-8-17-4-5-17/h9-10,15-18,21,26H,3-7,12-14,23H2,1-2H3,(H,25,28). The molecule has 29 heavy (non-hydrogen) atoms. The van der Waals surface area contributed by atoms with Crippen molar-refractivity contribution in [2.75, 3.05) is 18.0 Å². The van der Waals surface area contributed by atoms with Crippen molar-refractivity contribution in [3.8, 4) is 11.8 Å². The number of carbonyl (C=O) groups is 1. The third kappa shape index (κ3) is 7.54. The summed E-state index contributed by atoms with van der Waals surface area (Å²) in [5, 5.41) is 2.68. The first kappa shape index (κ1) is 21.9. The third-order valence-corrected chi connectivity index (χ3v) is 6.21. The molecule has 2 aliphatic carbocycles. The maximum absolute atomic E-state index is 12.6. The lowest BCUT2D eigenvalue weighted by molar-refractivity contribution is 0.0951. The molecule has 158 valence electrons. The molecule has 1 aromatic rings. The SMILES string of the molecule is CCCN(CCC1CC1)c1ccc(C(=O)NC(C)SC(C#CC2CC2)NN)cn1. The van der Waals surface area contributed by atoms with Gasteiger partial charge in [-0.1, -0.05) is 31.6 Å². The topological polar surface area (TPSA) is 83.3 Å². The van der Waals surface area contributed by atoms with E-state index in [1.165, 1.54) is 43.9 Å². The highest BCUT2D eigenvalue weighted by Crippen LogP contribution is 2.33. The molecule has 0 bridgehead atoms. The second-order valence-corrected chi connectivity index (χ2v) is 9.44. The summed E-state index contributed by atoms with van der Waals surface area (Å²) in [4.78, 5) is 19.5. The predicted molar refractivity (Wildman–Crippen MR) is 120 cm³/mol. The van der Waals surface area contributed by atoms with E-state index in [0.29, 0.717) is 11.5 Å². The van der Waals surface area contributed by atoms with E-state index >= 15 is 0 Å². The second kappa shape index (κ2) is 10.9. The molecule has 2 aliphatic rings. The molecule has 2 atom stereocenters. The van der Waals surface area contributed by atoms with Gasteiger partial charge in [0.05, 0.1) is 10.9 Å². The summed E-state index contributed by atoms with van der Waals surface area (Å²) < 4.78 is 0. The number of hydrazine groups is 1. The van der Waals surface area contributed by atoms with Gasteiger partial charge >= 0.3 is 0 Å². The zero-order chi connectivity index (χ0) is 20.6. The Morgan fingerprint density at radius 2 is 2.14 bits per heavy atom. The van der Waals surface area contributed by atoms with Crippen molar-refractivity contribution in [3.05, 3.63) is 23.9 Å². The number of rotatable bonds is 11. The quantitative estimate of drug-likeness (QED) is 0.223. The minimum absolute atomic E-state index is 0.119. The first-order chi connectivity index (χ1) is 14.1. The fourth-order valence-corrected chi connectivity index (χ4v) is 3.90. The van der Waals surface area contributed by atoms with Crippen molar-refractivity contribution in [1.29, 1.82) is 0 Å². The fraction of sp³-hybridized carbons (Fsp3) is 0.636. The van der Waals surface area contributed by atoms with Crippen molar-refractivity contribution in [1.82, 2.24) is 15.7 Å². The largest absolute Gasteiger partial charge is 0.357 e. The van der Waals surface area contributed by atoms with Crippen molar-refractivity contribution in [2.45, 2.75) is 63.1 Å². The molecule has 2 fully saturated rings. The first-order valence-corrected chi connectivity index (χ1v) is 11.7. The number of nitrogens with one attached hydrogen (secondary N) is 2. The molecule has 1 aromatic heterocycles. The van der Waals surface area contributed by atoms with Gasteiger partial charge in [-0.05, 0) is 50.7 Å². The van der Waals surface area contributed by atoms with E-state index in [9.17, 15) is 4.79 Å². The molecular weight excluding hydrogens is 382 g/mol. The molecule has 0 saturated heterocycles. The molecular formula is C22H33N5OS. The summed E-state index contributed by atoms with van der Waals surface area (Å²) in [6.07, 6.45) is 9.10. The van der Waals surface area contributed by atoms with Gasteiger partial charge in [0.15, 0.2) is 0 Å². The number of amides is 1. The number of hydrogen-bond acceptors (Lipinski definition) is 6. The summed E-state index contributed by atoms with van der Waals surface area (Å²) in [5.41, 5.74) is 3.28. The van der Waals surface area contributed by atoms with Crippen molar-refractivity contribution >= 4 is 23.5 Å². The average Bonchev–Trinajstić information content (AvgIpc) is 3.63. The molecule has 1 amide bonds.